The van der Waals surface area contributed by atoms with Gasteiger partial charge in [-0.3, -0.25) is 4.79 Å². The van der Waals surface area contributed by atoms with Gasteiger partial charge in [-0.1, -0.05) is 22.0 Å². The lowest BCUT2D eigenvalue weighted by Crippen LogP contribution is -2.12. The highest BCUT2D eigenvalue weighted by molar-refractivity contribution is 9.10. The molecule has 0 atom stereocenters. The van der Waals surface area contributed by atoms with Crippen molar-refractivity contribution < 1.29 is 14.3 Å². The van der Waals surface area contributed by atoms with Crippen molar-refractivity contribution in [2.75, 3.05) is 19.5 Å². The molecular weight excluding hydrogens is 370 g/mol. The van der Waals surface area contributed by atoms with Gasteiger partial charge in [0.1, 0.15) is 0 Å². The first-order valence-corrected chi connectivity index (χ1v) is 8.50. The minimum atomic E-state index is -0.0123. The van der Waals surface area contributed by atoms with E-state index < -0.39 is 0 Å². The molecule has 0 saturated carbocycles. The van der Waals surface area contributed by atoms with Crippen LogP contribution in [0.5, 0.6) is 11.5 Å². The Morgan fingerprint density at radius 3 is 2.17 bits per heavy atom. The Kier molecular flexibility index (Phi) is 6.26. The third-order valence-electron chi connectivity index (χ3n) is 3.68. The monoisotopic (exact) mass is 391 g/mol. The van der Waals surface area contributed by atoms with Gasteiger partial charge in [0, 0.05) is 16.6 Å². The number of benzene rings is 2. The van der Waals surface area contributed by atoms with Gasteiger partial charge < -0.3 is 14.8 Å². The summed E-state index contributed by atoms with van der Waals surface area (Å²) in [5.74, 6) is 1.31. The third-order valence-corrected chi connectivity index (χ3v) is 4.42. The Labute approximate surface area is 151 Å². The lowest BCUT2D eigenvalue weighted by atomic mass is 10.1. The van der Waals surface area contributed by atoms with Crippen LogP contribution >= 0.6 is 15.9 Å². The molecule has 0 fully saturated rings. The van der Waals surface area contributed by atoms with Crippen molar-refractivity contribution >= 4 is 27.5 Å². The fourth-order valence-electron chi connectivity index (χ4n) is 2.61. The molecule has 0 bridgehead atoms. The molecule has 0 saturated heterocycles. The first-order chi connectivity index (χ1) is 11.4. The SMILES string of the molecule is COc1cc(Br)c(CCC(=O)Nc2cc(C)cc(C)c2)cc1OC. The molecule has 0 aliphatic rings. The van der Waals surface area contributed by atoms with E-state index in [1.54, 1.807) is 14.2 Å². The number of rotatable bonds is 6. The molecule has 1 N–H and O–H groups in total. The number of aryl methyl sites for hydroxylation is 3. The largest absolute Gasteiger partial charge is 0.493 e. The normalized spacial score (nSPS) is 10.4. The third kappa shape index (κ3) is 4.74. The van der Waals surface area contributed by atoms with Crippen LogP contribution in [0.15, 0.2) is 34.8 Å². The van der Waals surface area contributed by atoms with Crippen LogP contribution in [0.1, 0.15) is 23.1 Å². The minimum absolute atomic E-state index is 0.0123. The molecular formula is C19H22BrNO3. The van der Waals surface area contributed by atoms with Crippen LogP contribution in [0.4, 0.5) is 5.69 Å². The maximum absolute atomic E-state index is 12.2. The van der Waals surface area contributed by atoms with Gasteiger partial charge in [-0.2, -0.15) is 0 Å². The van der Waals surface area contributed by atoms with E-state index in [0.29, 0.717) is 24.3 Å². The van der Waals surface area contributed by atoms with Gasteiger partial charge in [-0.25, -0.2) is 0 Å². The van der Waals surface area contributed by atoms with E-state index in [-0.39, 0.29) is 5.91 Å². The Bertz CT molecular complexity index is 723. The summed E-state index contributed by atoms with van der Waals surface area (Å²) >= 11 is 3.52. The Balaban J connectivity index is 2.03. The van der Waals surface area contributed by atoms with Crippen LogP contribution in [0, 0.1) is 13.8 Å². The van der Waals surface area contributed by atoms with Crippen molar-refractivity contribution in [3.05, 3.63) is 51.5 Å². The molecule has 24 heavy (non-hydrogen) atoms. The van der Waals surface area contributed by atoms with Gasteiger partial charge in [-0.05, 0) is 61.2 Å². The number of halogens is 1. The summed E-state index contributed by atoms with van der Waals surface area (Å²) in [6.07, 6.45) is 0.999. The average Bonchev–Trinajstić information content (AvgIpc) is 2.52. The van der Waals surface area contributed by atoms with E-state index in [1.807, 2.05) is 38.1 Å². The van der Waals surface area contributed by atoms with Crippen LogP contribution in [-0.2, 0) is 11.2 Å². The number of methoxy groups -OCH3 is 2. The van der Waals surface area contributed by atoms with Crippen LogP contribution in [0.25, 0.3) is 0 Å². The molecule has 0 aliphatic heterocycles. The second-order valence-electron chi connectivity index (χ2n) is 5.72. The zero-order chi connectivity index (χ0) is 17.7. The highest BCUT2D eigenvalue weighted by atomic mass is 79.9. The average molecular weight is 392 g/mol. The van der Waals surface area contributed by atoms with E-state index in [0.717, 1.165) is 26.9 Å². The number of nitrogens with one attached hydrogen (secondary N) is 1. The highest BCUT2D eigenvalue weighted by Crippen LogP contribution is 2.33. The number of ether oxygens (including phenoxy) is 2. The van der Waals surface area contributed by atoms with Crippen LogP contribution in [0.3, 0.4) is 0 Å². The summed E-state index contributed by atoms with van der Waals surface area (Å²) < 4.78 is 11.5. The van der Waals surface area contributed by atoms with Gasteiger partial charge in [0.15, 0.2) is 11.5 Å². The molecule has 2 aromatic rings. The van der Waals surface area contributed by atoms with Gasteiger partial charge >= 0.3 is 0 Å². The number of anilines is 1. The predicted octanol–water partition coefficient (Wildman–Crippen LogP) is 4.65. The van der Waals surface area contributed by atoms with Crippen LogP contribution < -0.4 is 14.8 Å². The Hall–Kier alpha value is -2.01. The summed E-state index contributed by atoms with van der Waals surface area (Å²) in [7, 11) is 3.20. The first-order valence-electron chi connectivity index (χ1n) is 7.71. The summed E-state index contributed by atoms with van der Waals surface area (Å²) in [6, 6.07) is 9.77. The van der Waals surface area contributed by atoms with Crippen LogP contribution in [0.2, 0.25) is 0 Å². The van der Waals surface area contributed by atoms with Crippen molar-refractivity contribution in [3.63, 3.8) is 0 Å². The fourth-order valence-corrected chi connectivity index (χ4v) is 3.13. The molecule has 5 heteroatoms. The second-order valence-corrected chi connectivity index (χ2v) is 6.58. The van der Waals surface area contributed by atoms with Gasteiger partial charge in [0.25, 0.3) is 0 Å². The predicted molar refractivity (Wildman–Crippen MR) is 100 cm³/mol. The molecule has 2 aromatic carbocycles. The zero-order valence-corrected chi connectivity index (χ0v) is 16.0. The lowest BCUT2D eigenvalue weighted by Gasteiger charge is -2.12. The molecule has 128 valence electrons. The molecule has 0 unspecified atom stereocenters. The van der Waals surface area contributed by atoms with E-state index in [4.69, 9.17) is 9.47 Å². The van der Waals surface area contributed by atoms with E-state index in [9.17, 15) is 4.79 Å². The van der Waals surface area contributed by atoms with Crippen molar-refractivity contribution in [3.8, 4) is 11.5 Å². The zero-order valence-electron chi connectivity index (χ0n) is 14.4. The maximum atomic E-state index is 12.2. The molecule has 0 aliphatic carbocycles. The molecule has 0 spiro atoms. The van der Waals surface area contributed by atoms with Crippen molar-refractivity contribution in [2.45, 2.75) is 26.7 Å². The molecule has 2 rings (SSSR count). The number of carbonyl (C=O) groups excluding carboxylic acids is 1. The highest BCUT2D eigenvalue weighted by Gasteiger charge is 2.11. The summed E-state index contributed by atoms with van der Waals surface area (Å²) in [6.45, 7) is 4.03. The van der Waals surface area contributed by atoms with Crippen LogP contribution in [-0.4, -0.2) is 20.1 Å². The number of amides is 1. The molecule has 4 nitrogen and oxygen atoms in total. The second kappa shape index (κ2) is 8.20. The number of carbonyl (C=O) groups is 1. The van der Waals surface area contributed by atoms with E-state index >= 15 is 0 Å². The topological polar surface area (TPSA) is 47.6 Å². The molecule has 1 amide bonds. The van der Waals surface area contributed by atoms with Gasteiger partial charge in [-0.15, -0.1) is 0 Å². The summed E-state index contributed by atoms with van der Waals surface area (Å²) in [5, 5.41) is 2.95. The number of hydrogen-bond acceptors (Lipinski definition) is 3. The van der Waals surface area contributed by atoms with Crippen molar-refractivity contribution in [1.29, 1.82) is 0 Å². The lowest BCUT2D eigenvalue weighted by molar-refractivity contribution is -0.116. The Morgan fingerprint density at radius 2 is 1.58 bits per heavy atom. The van der Waals surface area contributed by atoms with Gasteiger partial charge in [0.05, 0.1) is 14.2 Å². The number of hydrogen-bond donors (Lipinski definition) is 1. The standard InChI is InChI=1S/C19H22BrNO3/c1-12-7-13(2)9-15(8-12)21-19(22)6-5-14-10-17(23-3)18(24-4)11-16(14)20/h7-11H,5-6H2,1-4H3,(H,21,22). The van der Waals surface area contributed by atoms with Crippen molar-refractivity contribution in [1.82, 2.24) is 0 Å². The molecule has 0 aromatic heterocycles. The minimum Gasteiger partial charge on any atom is -0.493 e. The summed E-state index contributed by atoms with van der Waals surface area (Å²) in [5.41, 5.74) is 4.10. The molecule has 0 heterocycles. The van der Waals surface area contributed by atoms with E-state index in [2.05, 4.69) is 27.3 Å². The first kappa shape index (κ1) is 18.3. The quantitative estimate of drug-likeness (QED) is 0.778. The summed E-state index contributed by atoms with van der Waals surface area (Å²) in [4.78, 5) is 12.2. The fraction of sp³-hybridized carbons (Fsp3) is 0.316. The van der Waals surface area contributed by atoms with E-state index in [1.165, 1.54) is 0 Å². The van der Waals surface area contributed by atoms with Crippen molar-refractivity contribution in [2.24, 2.45) is 0 Å². The Morgan fingerprint density at radius 1 is 1.00 bits per heavy atom. The maximum Gasteiger partial charge on any atom is 0.224 e. The smallest absolute Gasteiger partial charge is 0.224 e. The van der Waals surface area contributed by atoms with Gasteiger partial charge in [0.2, 0.25) is 5.91 Å². The molecule has 0 radical (unpaired) electrons.